The molecule has 1 aromatic heterocycles. The van der Waals surface area contributed by atoms with Crippen LogP contribution in [0.3, 0.4) is 0 Å². The van der Waals surface area contributed by atoms with E-state index in [2.05, 4.69) is 10.3 Å². The fourth-order valence-electron chi connectivity index (χ4n) is 3.84. The number of nitrogens with one attached hydrogen (secondary N) is 1. The predicted octanol–water partition coefficient (Wildman–Crippen LogP) is 5.02. The van der Waals surface area contributed by atoms with Crippen LogP contribution in [-0.4, -0.2) is 16.0 Å². The highest BCUT2D eigenvalue weighted by molar-refractivity contribution is 5.96. The van der Waals surface area contributed by atoms with Gasteiger partial charge in [0.05, 0.1) is 24.0 Å². The van der Waals surface area contributed by atoms with E-state index in [-0.39, 0.29) is 36.1 Å². The van der Waals surface area contributed by atoms with Crippen LogP contribution in [0.15, 0.2) is 48.5 Å². The lowest BCUT2D eigenvalue weighted by Crippen LogP contribution is -2.30. The lowest BCUT2D eigenvalue weighted by Gasteiger charge is -2.19. The van der Waals surface area contributed by atoms with Crippen LogP contribution in [0.5, 0.6) is 0 Å². The lowest BCUT2D eigenvalue weighted by molar-refractivity contribution is 0.0930. The van der Waals surface area contributed by atoms with Crippen LogP contribution in [0, 0.1) is 31.4 Å². The molecule has 4 nitrogen and oxygen atoms in total. The zero-order chi connectivity index (χ0) is 22.1. The van der Waals surface area contributed by atoms with Gasteiger partial charge in [0, 0.05) is 5.56 Å². The first-order chi connectivity index (χ1) is 14.9. The van der Waals surface area contributed by atoms with Crippen molar-refractivity contribution in [2.75, 3.05) is 0 Å². The molecule has 0 aliphatic heterocycles. The van der Waals surface area contributed by atoms with Gasteiger partial charge in [0.2, 0.25) is 0 Å². The van der Waals surface area contributed by atoms with Crippen LogP contribution in [0.25, 0.3) is 11.1 Å². The molecule has 1 fully saturated rings. The molecule has 1 aliphatic carbocycles. The Morgan fingerprint density at radius 3 is 2.55 bits per heavy atom. The van der Waals surface area contributed by atoms with E-state index < -0.39 is 0 Å². The smallest absolute Gasteiger partial charge is 0.251 e. The number of nitrogens with zero attached hydrogens (tertiary/aromatic N) is 1. The van der Waals surface area contributed by atoms with Gasteiger partial charge in [-0.1, -0.05) is 6.07 Å². The summed E-state index contributed by atoms with van der Waals surface area (Å²) in [6.07, 6.45) is 1.94. The number of hydrogen-bond donors (Lipinski definition) is 2. The Morgan fingerprint density at radius 1 is 1.13 bits per heavy atom. The van der Waals surface area contributed by atoms with Gasteiger partial charge in [-0.2, -0.15) is 0 Å². The minimum atomic E-state index is -0.375. The zero-order valence-corrected chi connectivity index (χ0v) is 17.5. The number of halogens is 2. The Labute approximate surface area is 180 Å². The number of benzene rings is 2. The average molecular weight is 422 g/mol. The molecule has 0 saturated heterocycles. The molecule has 4 rings (SSSR count). The summed E-state index contributed by atoms with van der Waals surface area (Å²) >= 11 is 0. The maximum Gasteiger partial charge on any atom is 0.251 e. The summed E-state index contributed by atoms with van der Waals surface area (Å²) in [5.41, 5.74) is 4.19. The summed E-state index contributed by atoms with van der Waals surface area (Å²) in [4.78, 5) is 17.5. The molecule has 1 amide bonds. The fraction of sp³-hybridized carbons (Fsp3) is 0.280. The van der Waals surface area contributed by atoms with E-state index in [0.717, 1.165) is 29.5 Å². The van der Waals surface area contributed by atoms with E-state index in [1.54, 1.807) is 44.2 Å². The summed E-state index contributed by atoms with van der Waals surface area (Å²) in [6, 6.07) is 12.3. The number of carbonyl (C=O) groups is 1. The first kappa shape index (κ1) is 21.1. The molecule has 6 heteroatoms. The van der Waals surface area contributed by atoms with Gasteiger partial charge >= 0.3 is 0 Å². The second-order valence-corrected chi connectivity index (χ2v) is 8.13. The van der Waals surface area contributed by atoms with Crippen molar-refractivity contribution in [3.05, 3.63) is 88.2 Å². The number of rotatable bonds is 6. The number of amides is 1. The number of carbonyl (C=O) groups excluding carboxylic acids is 1. The van der Waals surface area contributed by atoms with E-state index in [1.165, 1.54) is 18.2 Å². The normalized spacial score (nSPS) is 14.4. The minimum Gasteiger partial charge on any atom is -0.392 e. The van der Waals surface area contributed by atoms with Gasteiger partial charge in [0.25, 0.3) is 5.91 Å². The van der Waals surface area contributed by atoms with Crippen LogP contribution in [0.1, 0.15) is 51.8 Å². The average Bonchev–Trinajstić information content (AvgIpc) is 3.58. The molecule has 2 N–H and O–H groups in total. The van der Waals surface area contributed by atoms with Gasteiger partial charge in [-0.05, 0) is 97.3 Å². The summed E-state index contributed by atoms with van der Waals surface area (Å²) in [5.74, 6) is -0.732. The molecule has 1 aliphatic rings. The largest absolute Gasteiger partial charge is 0.392 e. The zero-order valence-electron chi connectivity index (χ0n) is 17.5. The summed E-state index contributed by atoms with van der Waals surface area (Å²) < 4.78 is 27.2. The molecular formula is C25H24F2N2O2. The topological polar surface area (TPSA) is 62.2 Å². The molecule has 1 heterocycles. The SMILES string of the molecule is Cc1cc(F)ccc1-c1cc(CO)cc(C(=O)NC(c2ccc(F)c(C)n2)C2CC2)c1. The lowest BCUT2D eigenvalue weighted by atomic mass is 9.96. The van der Waals surface area contributed by atoms with E-state index in [9.17, 15) is 18.7 Å². The van der Waals surface area contributed by atoms with Crippen LogP contribution < -0.4 is 5.32 Å². The van der Waals surface area contributed by atoms with E-state index in [0.29, 0.717) is 22.5 Å². The van der Waals surface area contributed by atoms with Crippen molar-refractivity contribution in [2.24, 2.45) is 5.92 Å². The third-order valence-electron chi connectivity index (χ3n) is 5.68. The van der Waals surface area contributed by atoms with Crippen molar-refractivity contribution in [1.82, 2.24) is 10.3 Å². The fourth-order valence-corrected chi connectivity index (χ4v) is 3.84. The molecule has 0 bridgehead atoms. The van der Waals surface area contributed by atoms with Crippen LogP contribution in [-0.2, 0) is 6.61 Å². The Bertz CT molecular complexity index is 1140. The van der Waals surface area contributed by atoms with Crippen molar-refractivity contribution in [3.63, 3.8) is 0 Å². The molecule has 160 valence electrons. The van der Waals surface area contributed by atoms with Gasteiger partial charge in [0.1, 0.15) is 11.6 Å². The van der Waals surface area contributed by atoms with Gasteiger partial charge in [-0.15, -0.1) is 0 Å². The molecular weight excluding hydrogens is 398 g/mol. The second-order valence-electron chi connectivity index (χ2n) is 8.13. The van der Waals surface area contributed by atoms with Crippen molar-refractivity contribution < 1.29 is 18.7 Å². The van der Waals surface area contributed by atoms with Crippen molar-refractivity contribution in [2.45, 2.75) is 39.3 Å². The third kappa shape index (κ3) is 4.64. The van der Waals surface area contributed by atoms with Gasteiger partial charge < -0.3 is 10.4 Å². The quantitative estimate of drug-likeness (QED) is 0.587. The molecule has 1 atom stereocenters. The molecule has 0 spiro atoms. The Balaban J connectivity index is 1.66. The number of aromatic nitrogens is 1. The highest BCUT2D eigenvalue weighted by Crippen LogP contribution is 2.41. The summed E-state index contributed by atoms with van der Waals surface area (Å²) in [5, 5.41) is 12.8. The Morgan fingerprint density at radius 2 is 1.90 bits per heavy atom. The van der Waals surface area contributed by atoms with E-state index >= 15 is 0 Å². The summed E-state index contributed by atoms with van der Waals surface area (Å²) in [7, 11) is 0. The number of aryl methyl sites for hydroxylation is 2. The highest BCUT2D eigenvalue weighted by atomic mass is 19.1. The molecule has 31 heavy (non-hydrogen) atoms. The first-order valence-corrected chi connectivity index (χ1v) is 10.3. The van der Waals surface area contributed by atoms with E-state index in [4.69, 9.17) is 0 Å². The first-order valence-electron chi connectivity index (χ1n) is 10.3. The molecule has 1 saturated carbocycles. The highest BCUT2D eigenvalue weighted by Gasteiger charge is 2.34. The maximum absolute atomic E-state index is 13.7. The van der Waals surface area contributed by atoms with Crippen molar-refractivity contribution in [3.8, 4) is 11.1 Å². The van der Waals surface area contributed by atoms with Crippen LogP contribution in [0.2, 0.25) is 0 Å². The standard InChI is InChI=1S/C25H24F2N2O2/c1-14-9-20(26)5-6-21(14)18-10-16(13-30)11-19(12-18)25(31)29-24(17-3-4-17)23-8-7-22(27)15(2)28-23/h5-12,17,24,30H,3-4,13H2,1-2H3,(H,29,31). The van der Waals surface area contributed by atoms with E-state index in [1.807, 2.05) is 0 Å². The maximum atomic E-state index is 13.7. The summed E-state index contributed by atoms with van der Waals surface area (Å²) in [6.45, 7) is 3.18. The molecule has 0 radical (unpaired) electrons. The second kappa shape index (κ2) is 8.55. The minimum absolute atomic E-state index is 0.223. The Hall–Kier alpha value is -3.12. The number of pyridine rings is 1. The molecule has 3 aromatic rings. The van der Waals surface area contributed by atoms with Gasteiger partial charge in [-0.25, -0.2) is 8.78 Å². The number of hydrogen-bond acceptors (Lipinski definition) is 3. The van der Waals surface area contributed by atoms with Gasteiger partial charge in [0.15, 0.2) is 0 Å². The number of aliphatic hydroxyl groups is 1. The predicted molar refractivity (Wildman–Crippen MR) is 114 cm³/mol. The van der Waals surface area contributed by atoms with Crippen LogP contribution >= 0.6 is 0 Å². The monoisotopic (exact) mass is 422 g/mol. The molecule has 2 aromatic carbocycles. The van der Waals surface area contributed by atoms with Gasteiger partial charge in [-0.3, -0.25) is 9.78 Å². The van der Waals surface area contributed by atoms with Crippen molar-refractivity contribution in [1.29, 1.82) is 0 Å². The molecule has 1 unspecified atom stereocenters. The van der Waals surface area contributed by atoms with Crippen LogP contribution in [0.4, 0.5) is 8.78 Å². The third-order valence-corrected chi connectivity index (χ3v) is 5.68. The number of aliphatic hydroxyl groups excluding tert-OH is 1. The Kier molecular flexibility index (Phi) is 5.83. The van der Waals surface area contributed by atoms with Crippen molar-refractivity contribution >= 4 is 5.91 Å².